The van der Waals surface area contributed by atoms with Gasteiger partial charge >= 0.3 is 0 Å². The predicted octanol–water partition coefficient (Wildman–Crippen LogP) is 13.4. The molecule has 8 aromatic carbocycles. The van der Waals surface area contributed by atoms with Crippen LogP contribution in [0, 0.1) is 0 Å². The largest absolute Gasteiger partial charge is 0.309 e. The summed E-state index contributed by atoms with van der Waals surface area (Å²) in [5, 5.41) is 5.12. The molecular formula is C50H34N2. The summed E-state index contributed by atoms with van der Waals surface area (Å²) in [6.07, 6.45) is 4.38. The average Bonchev–Trinajstić information content (AvgIpc) is 3.74. The van der Waals surface area contributed by atoms with Gasteiger partial charge in [0.1, 0.15) is 0 Å². The van der Waals surface area contributed by atoms with Crippen LogP contribution >= 0.6 is 0 Å². The number of fused-ring (bicyclic) bond motifs is 6. The number of hydrogen-bond acceptors (Lipinski definition) is 0. The maximum absolute atomic E-state index is 2.37. The van der Waals surface area contributed by atoms with Crippen LogP contribution in [-0.4, -0.2) is 9.13 Å². The molecule has 52 heavy (non-hydrogen) atoms. The van der Waals surface area contributed by atoms with Crippen LogP contribution in [0.4, 0.5) is 0 Å². The lowest BCUT2D eigenvalue weighted by molar-refractivity contribution is 1.18. The van der Waals surface area contributed by atoms with Crippen molar-refractivity contribution in [2.75, 3.05) is 0 Å². The zero-order valence-electron chi connectivity index (χ0n) is 28.5. The zero-order valence-corrected chi connectivity index (χ0v) is 28.5. The van der Waals surface area contributed by atoms with Gasteiger partial charge in [0.25, 0.3) is 0 Å². The van der Waals surface area contributed by atoms with Crippen molar-refractivity contribution < 1.29 is 0 Å². The fourth-order valence-electron chi connectivity index (χ4n) is 7.79. The molecule has 244 valence electrons. The smallest absolute Gasteiger partial charge is 0.0541 e. The van der Waals surface area contributed by atoms with E-state index in [1.807, 2.05) is 0 Å². The van der Waals surface area contributed by atoms with Gasteiger partial charge in [0.15, 0.2) is 0 Å². The Morgan fingerprint density at radius 2 is 0.635 bits per heavy atom. The molecule has 0 spiro atoms. The highest BCUT2D eigenvalue weighted by Gasteiger charge is 2.13. The molecule has 0 aliphatic rings. The molecule has 0 aliphatic heterocycles. The van der Waals surface area contributed by atoms with Gasteiger partial charge < -0.3 is 9.13 Å². The van der Waals surface area contributed by atoms with E-state index in [0.717, 1.165) is 0 Å². The first-order valence-corrected chi connectivity index (χ1v) is 17.8. The van der Waals surface area contributed by atoms with Crippen LogP contribution < -0.4 is 0 Å². The summed E-state index contributed by atoms with van der Waals surface area (Å²) < 4.78 is 4.73. The number of benzene rings is 8. The third-order valence-electron chi connectivity index (χ3n) is 10.3. The van der Waals surface area contributed by atoms with Crippen LogP contribution in [-0.2, 0) is 0 Å². The molecule has 10 rings (SSSR count). The van der Waals surface area contributed by atoms with Crippen molar-refractivity contribution >= 4 is 55.8 Å². The van der Waals surface area contributed by atoms with Crippen LogP contribution in [0.15, 0.2) is 194 Å². The molecule has 0 saturated carbocycles. The number of para-hydroxylation sites is 4. The van der Waals surface area contributed by atoms with E-state index in [4.69, 9.17) is 0 Å². The maximum atomic E-state index is 2.37. The van der Waals surface area contributed by atoms with Crippen molar-refractivity contribution in [3.8, 4) is 33.6 Å². The van der Waals surface area contributed by atoms with Gasteiger partial charge in [-0.15, -0.1) is 0 Å². The molecule has 0 N–H and O–H groups in total. The molecular weight excluding hydrogens is 629 g/mol. The Hall–Kier alpha value is -6.90. The molecule has 2 aromatic heterocycles. The van der Waals surface area contributed by atoms with Crippen LogP contribution in [0.1, 0.15) is 11.1 Å². The molecule has 10 aromatic rings. The summed E-state index contributed by atoms with van der Waals surface area (Å²) in [6.45, 7) is 0. The normalized spacial score (nSPS) is 11.8. The fourth-order valence-corrected chi connectivity index (χ4v) is 7.79. The first-order valence-electron chi connectivity index (χ1n) is 17.8. The standard InChI is InChI=1S/C50H34N2/c1-5-16-47-43(12-1)44-13-2-6-17-48(44)51(47)41-32-30-38(31-33-41)37-26-22-35(23-27-37)20-21-36-24-28-39(29-25-36)40-10-9-11-42(34-40)52-49-18-7-3-14-45(49)46-15-4-8-19-50(46)52/h1-34H/b21-20+. The molecule has 0 radical (unpaired) electrons. The van der Waals surface area contributed by atoms with E-state index in [1.54, 1.807) is 0 Å². The second-order valence-electron chi connectivity index (χ2n) is 13.4. The first kappa shape index (κ1) is 30.0. The monoisotopic (exact) mass is 662 g/mol. The third kappa shape index (κ3) is 5.12. The zero-order chi connectivity index (χ0) is 34.4. The molecule has 0 amide bonds. The molecule has 0 bridgehead atoms. The first-order chi connectivity index (χ1) is 25.8. The molecule has 2 nitrogen and oxygen atoms in total. The number of aromatic nitrogens is 2. The summed E-state index contributed by atoms with van der Waals surface area (Å²) in [5.41, 5.74) is 14.4. The second kappa shape index (κ2) is 12.5. The molecule has 0 saturated heterocycles. The minimum absolute atomic E-state index is 1.17. The van der Waals surface area contributed by atoms with Crippen molar-refractivity contribution in [3.05, 3.63) is 205 Å². The van der Waals surface area contributed by atoms with E-state index >= 15 is 0 Å². The average molecular weight is 663 g/mol. The summed E-state index contributed by atoms with van der Waals surface area (Å²) in [6, 6.07) is 70.0. The summed E-state index contributed by atoms with van der Waals surface area (Å²) in [4.78, 5) is 0. The van der Waals surface area contributed by atoms with Gasteiger partial charge in [-0.25, -0.2) is 0 Å². The highest BCUT2D eigenvalue weighted by atomic mass is 15.0. The Bertz CT molecular complexity index is 2810. The van der Waals surface area contributed by atoms with Gasteiger partial charge in [0.05, 0.1) is 22.1 Å². The Balaban J connectivity index is 0.867. The van der Waals surface area contributed by atoms with Crippen LogP contribution in [0.2, 0.25) is 0 Å². The third-order valence-corrected chi connectivity index (χ3v) is 10.3. The summed E-state index contributed by atoms with van der Waals surface area (Å²) in [5.74, 6) is 0. The van der Waals surface area contributed by atoms with Crippen molar-refractivity contribution in [2.24, 2.45) is 0 Å². The van der Waals surface area contributed by atoms with Gasteiger partial charge in [0, 0.05) is 32.9 Å². The van der Waals surface area contributed by atoms with Crippen molar-refractivity contribution in [1.82, 2.24) is 9.13 Å². The number of nitrogens with zero attached hydrogens (tertiary/aromatic N) is 2. The highest BCUT2D eigenvalue weighted by molar-refractivity contribution is 6.10. The van der Waals surface area contributed by atoms with E-state index in [2.05, 4.69) is 215 Å². The topological polar surface area (TPSA) is 9.86 Å². The minimum atomic E-state index is 1.17. The lowest BCUT2D eigenvalue weighted by atomic mass is 10.0. The van der Waals surface area contributed by atoms with E-state index in [-0.39, 0.29) is 0 Å². The SMILES string of the molecule is C(=C\c1ccc(-c2cccc(-n3c4ccccc4c4ccccc43)c2)cc1)/c1ccc(-c2ccc(-n3c4ccccc4c4ccccc43)cc2)cc1. The lowest BCUT2D eigenvalue weighted by Crippen LogP contribution is -1.94. The van der Waals surface area contributed by atoms with Crippen molar-refractivity contribution in [1.29, 1.82) is 0 Å². The molecule has 0 fully saturated rings. The lowest BCUT2D eigenvalue weighted by Gasteiger charge is -2.10. The molecule has 0 aliphatic carbocycles. The van der Waals surface area contributed by atoms with E-state index in [9.17, 15) is 0 Å². The number of rotatable bonds is 6. The van der Waals surface area contributed by atoms with E-state index in [0.29, 0.717) is 0 Å². The summed E-state index contributed by atoms with van der Waals surface area (Å²) in [7, 11) is 0. The Morgan fingerprint density at radius 1 is 0.269 bits per heavy atom. The molecule has 2 heteroatoms. The van der Waals surface area contributed by atoms with Gasteiger partial charge in [-0.3, -0.25) is 0 Å². The molecule has 2 heterocycles. The van der Waals surface area contributed by atoms with Crippen molar-refractivity contribution in [2.45, 2.75) is 0 Å². The Kier molecular flexibility index (Phi) is 7.18. The Labute approximate surface area is 302 Å². The van der Waals surface area contributed by atoms with E-state index < -0.39 is 0 Å². The number of hydrogen-bond donors (Lipinski definition) is 0. The molecule has 0 atom stereocenters. The highest BCUT2D eigenvalue weighted by Crippen LogP contribution is 2.34. The van der Waals surface area contributed by atoms with Gasteiger partial charge in [0.2, 0.25) is 0 Å². The van der Waals surface area contributed by atoms with Crippen LogP contribution in [0.3, 0.4) is 0 Å². The fraction of sp³-hybridized carbons (Fsp3) is 0. The van der Waals surface area contributed by atoms with Crippen molar-refractivity contribution in [3.63, 3.8) is 0 Å². The van der Waals surface area contributed by atoms with Gasteiger partial charge in [-0.2, -0.15) is 0 Å². The maximum Gasteiger partial charge on any atom is 0.0541 e. The van der Waals surface area contributed by atoms with Crippen LogP contribution in [0.5, 0.6) is 0 Å². The van der Waals surface area contributed by atoms with E-state index in [1.165, 1.54) is 88.4 Å². The van der Waals surface area contributed by atoms with Gasteiger partial charge in [-0.1, -0.05) is 158 Å². The van der Waals surface area contributed by atoms with Gasteiger partial charge in [-0.05, 0) is 81.9 Å². The molecule has 0 unspecified atom stereocenters. The van der Waals surface area contributed by atoms with Crippen LogP contribution in [0.25, 0.3) is 89.4 Å². The minimum Gasteiger partial charge on any atom is -0.309 e. The Morgan fingerprint density at radius 3 is 1.08 bits per heavy atom. The quantitative estimate of drug-likeness (QED) is 0.157. The second-order valence-corrected chi connectivity index (χ2v) is 13.4. The predicted molar refractivity (Wildman–Crippen MR) is 221 cm³/mol. The summed E-state index contributed by atoms with van der Waals surface area (Å²) >= 11 is 0.